The van der Waals surface area contributed by atoms with Gasteiger partial charge in [-0.2, -0.15) is 5.21 Å². The summed E-state index contributed by atoms with van der Waals surface area (Å²) in [4.78, 5) is 14.0. The number of urea groups is 1. The average molecular weight is 258 g/mol. The molecule has 0 unspecified atom stereocenters. The van der Waals surface area contributed by atoms with Gasteiger partial charge < -0.3 is 10.2 Å². The van der Waals surface area contributed by atoms with Crippen LogP contribution in [0.4, 0.5) is 10.5 Å². The number of likely N-dealkylation sites (tertiary alicyclic amines) is 1. The first-order valence-electron chi connectivity index (χ1n) is 6.20. The van der Waals surface area contributed by atoms with Crippen LogP contribution in [0.3, 0.4) is 0 Å². The van der Waals surface area contributed by atoms with Gasteiger partial charge in [0.05, 0.1) is 6.04 Å². The van der Waals surface area contributed by atoms with E-state index >= 15 is 0 Å². The average Bonchev–Trinajstić information content (AvgIpc) is 3.10. The van der Waals surface area contributed by atoms with E-state index in [4.69, 9.17) is 0 Å². The van der Waals surface area contributed by atoms with E-state index in [9.17, 15) is 4.79 Å². The zero-order valence-corrected chi connectivity index (χ0v) is 10.3. The minimum absolute atomic E-state index is 0.0949. The lowest BCUT2D eigenvalue weighted by Gasteiger charge is -2.22. The lowest BCUT2D eigenvalue weighted by atomic mass is 10.2. The maximum atomic E-state index is 12.2. The van der Waals surface area contributed by atoms with Crippen LogP contribution in [0.5, 0.6) is 0 Å². The van der Waals surface area contributed by atoms with Crippen LogP contribution >= 0.6 is 0 Å². The van der Waals surface area contributed by atoms with Gasteiger partial charge in [-0.15, -0.1) is 10.2 Å². The second-order valence-corrected chi connectivity index (χ2v) is 4.42. The van der Waals surface area contributed by atoms with Crippen LogP contribution in [0.15, 0.2) is 30.3 Å². The molecule has 1 atom stereocenters. The first-order chi connectivity index (χ1) is 9.34. The molecule has 2 aromatic rings. The van der Waals surface area contributed by atoms with Gasteiger partial charge in [-0.25, -0.2) is 4.79 Å². The van der Waals surface area contributed by atoms with E-state index in [1.807, 2.05) is 30.3 Å². The predicted octanol–water partition coefficient (Wildman–Crippen LogP) is 1.57. The molecule has 2 heterocycles. The molecule has 7 nitrogen and oxygen atoms in total. The van der Waals surface area contributed by atoms with E-state index < -0.39 is 0 Å². The van der Waals surface area contributed by atoms with Crippen LogP contribution in [0, 0.1) is 0 Å². The number of anilines is 1. The monoisotopic (exact) mass is 258 g/mol. The van der Waals surface area contributed by atoms with E-state index in [1.165, 1.54) is 0 Å². The first-order valence-corrected chi connectivity index (χ1v) is 6.20. The number of H-pyrrole nitrogens is 1. The first kappa shape index (κ1) is 11.6. The minimum Gasteiger partial charge on any atom is -0.314 e. The minimum atomic E-state index is -0.126. The number of carbonyl (C=O) groups is 1. The third-order valence-electron chi connectivity index (χ3n) is 3.20. The molecule has 19 heavy (non-hydrogen) atoms. The van der Waals surface area contributed by atoms with E-state index in [0.717, 1.165) is 18.5 Å². The van der Waals surface area contributed by atoms with Gasteiger partial charge in [0.2, 0.25) is 0 Å². The predicted molar refractivity (Wildman–Crippen MR) is 68.3 cm³/mol. The number of hydrogen-bond donors (Lipinski definition) is 2. The molecule has 3 rings (SSSR count). The normalized spacial score (nSPS) is 18.5. The molecule has 0 saturated carbocycles. The Bertz CT molecular complexity index is 541. The summed E-state index contributed by atoms with van der Waals surface area (Å²) < 4.78 is 0. The van der Waals surface area contributed by atoms with Crippen molar-refractivity contribution in [2.45, 2.75) is 18.9 Å². The molecule has 2 amide bonds. The van der Waals surface area contributed by atoms with Crippen molar-refractivity contribution >= 4 is 11.7 Å². The van der Waals surface area contributed by atoms with Gasteiger partial charge in [-0.05, 0) is 25.0 Å². The largest absolute Gasteiger partial charge is 0.322 e. The maximum absolute atomic E-state index is 12.2. The third-order valence-corrected chi connectivity index (χ3v) is 3.20. The topological polar surface area (TPSA) is 86.8 Å². The van der Waals surface area contributed by atoms with Crippen LogP contribution in [-0.2, 0) is 0 Å². The van der Waals surface area contributed by atoms with Gasteiger partial charge in [0.15, 0.2) is 5.82 Å². The quantitative estimate of drug-likeness (QED) is 0.856. The third kappa shape index (κ3) is 2.40. The Hall–Kier alpha value is -2.44. The molecule has 1 fully saturated rings. The molecule has 98 valence electrons. The molecule has 0 radical (unpaired) electrons. The Morgan fingerprint density at radius 3 is 2.95 bits per heavy atom. The van der Waals surface area contributed by atoms with Crippen molar-refractivity contribution in [1.82, 2.24) is 25.5 Å². The van der Waals surface area contributed by atoms with Crippen LogP contribution in [0.25, 0.3) is 0 Å². The molecule has 1 aromatic carbocycles. The zero-order valence-electron chi connectivity index (χ0n) is 10.3. The summed E-state index contributed by atoms with van der Waals surface area (Å²) >= 11 is 0. The van der Waals surface area contributed by atoms with Crippen molar-refractivity contribution in [2.75, 3.05) is 11.9 Å². The number of para-hydroxylation sites is 1. The molecule has 0 bridgehead atoms. The van der Waals surface area contributed by atoms with Gasteiger partial charge in [0.25, 0.3) is 0 Å². The van der Waals surface area contributed by atoms with Crippen molar-refractivity contribution in [3.63, 3.8) is 0 Å². The molecule has 1 aliphatic rings. The summed E-state index contributed by atoms with van der Waals surface area (Å²) in [5.41, 5.74) is 0.784. The van der Waals surface area contributed by atoms with Crippen molar-refractivity contribution in [1.29, 1.82) is 0 Å². The fraction of sp³-hybridized carbons (Fsp3) is 0.333. The molecule has 7 heteroatoms. The number of hydrogen-bond acceptors (Lipinski definition) is 4. The Balaban J connectivity index is 1.72. The SMILES string of the molecule is O=C(Nc1ccccc1)N1CCC[C@H]1c1nn[nH]n1. The van der Waals surface area contributed by atoms with Crippen molar-refractivity contribution in [2.24, 2.45) is 0 Å². The molecule has 1 aliphatic heterocycles. The number of nitrogens with zero attached hydrogens (tertiary/aromatic N) is 4. The number of tetrazole rings is 1. The number of carbonyl (C=O) groups excluding carboxylic acids is 1. The fourth-order valence-electron chi connectivity index (χ4n) is 2.31. The highest BCUT2D eigenvalue weighted by Gasteiger charge is 2.32. The van der Waals surface area contributed by atoms with Gasteiger partial charge in [0, 0.05) is 12.2 Å². The molecule has 1 aromatic heterocycles. The lowest BCUT2D eigenvalue weighted by Crippen LogP contribution is -2.34. The summed E-state index contributed by atoms with van der Waals surface area (Å²) in [6.45, 7) is 0.706. The molecular weight excluding hydrogens is 244 g/mol. The van der Waals surface area contributed by atoms with Crippen LogP contribution in [0.1, 0.15) is 24.7 Å². The number of nitrogens with one attached hydrogen (secondary N) is 2. The highest BCUT2D eigenvalue weighted by Crippen LogP contribution is 2.29. The van der Waals surface area contributed by atoms with Crippen LogP contribution in [0.2, 0.25) is 0 Å². The smallest absolute Gasteiger partial charge is 0.314 e. The summed E-state index contributed by atoms with van der Waals surface area (Å²) in [5.74, 6) is 0.570. The van der Waals surface area contributed by atoms with E-state index in [0.29, 0.717) is 12.4 Å². The highest BCUT2D eigenvalue weighted by atomic mass is 16.2. The molecule has 0 aliphatic carbocycles. The Labute approximate surface area is 110 Å². The number of benzene rings is 1. The molecular formula is C12H14N6O. The van der Waals surface area contributed by atoms with E-state index in [-0.39, 0.29) is 12.1 Å². The van der Waals surface area contributed by atoms with Crippen molar-refractivity contribution < 1.29 is 4.79 Å². The summed E-state index contributed by atoms with van der Waals surface area (Å²) in [6, 6.07) is 9.18. The second kappa shape index (κ2) is 5.05. The van der Waals surface area contributed by atoms with Crippen LogP contribution < -0.4 is 5.32 Å². The standard InChI is InChI=1S/C12H14N6O/c19-12(13-9-5-2-1-3-6-9)18-8-4-7-10(18)11-14-16-17-15-11/h1-3,5-6,10H,4,7-8H2,(H,13,19)(H,14,15,16,17)/t10-/m0/s1. The van der Waals surface area contributed by atoms with Crippen LogP contribution in [-0.4, -0.2) is 38.1 Å². The van der Waals surface area contributed by atoms with Gasteiger partial charge in [0.1, 0.15) is 0 Å². The summed E-state index contributed by atoms with van der Waals surface area (Å²) in [7, 11) is 0. The van der Waals surface area contributed by atoms with Gasteiger partial charge in [-0.3, -0.25) is 0 Å². The lowest BCUT2D eigenvalue weighted by molar-refractivity contribution is 0.205. The molecule has 0 spiro atoms. The Morgan fingerprint density at radius 2 is 2.21 bits per heavy atom. The van der Waals surface area contributed by atoms with Gasteiger partial charge in [-0.1, -0.05) is 23.4 Å². The Morgan fingerprint density at radius 1 is 1.37 bits per heavy atom. The number of aromatic nitrogens is 4. The van der Waals surface area contributed by atoms with Crippen molar-refractivity contribution in [3.05, 3.63) is 36.2 Å². The molecule has 1 saturated heterocycles. The molecule has 2 N–H and O–H groups in total. The van der Waals surface area contributed by atoms with Crippen molar-refractivity contribution in [3.8, 4) is 0 Å². The Kier molecular flexibility index (Phi) is 3.09. The second-order valence-electron chi connectivity index (χ2n) is 4.42. The number of rotatable bonds is 2. The van der Waals surface area contributed by atoms with Gasteiger partial charge >= 0.3 is 6.03 Å². The number of amides is 2. The fourth-order valence-corrected chi connectivity index (χ4v) is 2.31. The number of aromatic amines is 1. The summed E-state index contributed by atoms with van der Waals surface area (Å²) in [5, 5.41) is 16.8. The summed E-state index contributed by atoms with van der Waals surface area (Å²) in [6.07, 6.45) is 1.81. The van der Waals surface area contributed by atoms with E-state index in [1.54, 1.807) is 4.90 Å². The maximum Gasteiger partial charge on any atom is 0.322 e. The highest BCUT2D eigenvalue weighted by molar-refractivity contribution is 5.89. The zero-order chi connectivity index (χ0) is 13.1. The van der Waals surface area contributed by atoms with E-state index in [2.05, 4.69) is 25.9 Å².